The molecule has 0 bridgehead atoms. The minimum atomic E-state index is -1.75. The Hall–Kier alpha value is -9.66. The maximum atomic E-state index is 15.3. The third-order valence-corrected chi connectivity index (χ3v) is 19.5. The molecule has 0 N–H and O–H groups in total. The summed E-state index contributed by atoms with van der Waals surface area (Å²) >= 11 is 0. The fourth-order valence-corrected chi connectivity index (χ4v) is 13.7. The summed E-state index contributed by atoms with van der Waals surface area (Å²) in [4.78, 5) is 56.3. The first-order valence-electron chi connectivity index (χ1n) is 39.7. The molecule has 1 heterocycles. The molecule has 0 spiro atoms. The minimum absolute atomic E-state index is 0.0336. The predicted molar refractivity (Wildman–Crippen MR) is 429 cm³/mol. The van der Waals surface area contributed by atoms with Gasteiger partial charge in [0.1, 0.15) is 55.0 Å². The van der Waals surface area contributed by atoms with Gasteiger partial charge in [-0.3, -0.25) is 9.59 Å². The highest BCUT2D eigenvalue weighted by Crippen LogP contribution is 2.35. The Labute approximate surface area is 661 Å². The largest absolute Gasteiger partial charge is 0.488 e. The van der Waals surface area contributed by atoms with Crippen molar-refractivity contribution in [2.24, 2.45) is 0 Å². The number of rotatable bonds is 50. The molecule has 112 heavy (non-hydrogen) atoms. The van der Waals surface area contributed by atoms with Crippen molar-refractivity contribution in [2.75, 3.05) is 6.61 Å². The van der Waals surface area contributed by atoms with Crippen molar-refractivity contribution in [1.29, 1.82) is 0 Å². The van der Waals surface area contributed by atoms with Crippen LogP contribution in [-0.2, 0) is 131 Å². The highest BCUT2D eigenvalue weighted by molar-refractivity contribution is 5.94. The van der Waals surface area contributed by atoms with Crippen LogP contribution >= 0.6 is 0 Å². The first-order valence-corrected chi connectivity index (χ1v) is 39.7. The number of esters is 4. The number of unbranched alkanes of at least 4 members (excludes halogenated alkanes) is 12. The fraction of sp³-hybridized carbons (Fsp3) is 0.389. The number of carbonyl (C=O) groups excluding carboxylic acids is 4. The number of carbonyl (C=O) groups is 4. The van der Waals surface area contributed by atoms with Gasteiger partial charge in [0.05, 0.1) is 52.4 Å². The van der Waals surface area contributed by atoms with Crippen molar-refractivity contribution in [3.05, 3.63) is 316 Å². The van der Waals surface area contributed by atoms with E-state index in [0.717, 1.165) is 108 Å². The van der Waals surface area contributed by atoms with Crippen molar-refractivity contribution < 1.29 is 80.8 Å². The van der Waals surface area contributed by atoms with Gasteiger partial charge in [0.2, 0.25) is 12.4 Å². The molecule has 1 aliphatic rings. The van der Waals surface area contributed by atoms with E-state index in [1.54, 1.807) is 0 Å². The molecule has 0 amide bonds. The third-order valence-electron chi connectivity index (χ3n) is 19.5. The molecule has 9 aromatic carbocycles. The van der Waals surface area contributed by atoms with Crippen LogP contribution in [-0.4, -0.2) is 91.9 Å². The lowest BCUT2D eigenvalue weighted by atomic mass is 9.97. The molecule has 0 radical (unpaired) electrons. The van der Waals surface area contributed by atoms with Gasteiger partial charge in [0.15, 0.2) is 12.4 Å². The standard InChI is InChI=1S/C95H110O17/c1-71(42-23-13-11-9-7-5-4-6-8-10-12-14-40-59-82-60-41-61-83(101-63-75-45-26-16-27-46-75)85(82)92(98)106-68-80-55-36-21-37-56-80)108-93(99)89(109-72(2)96)88(104-66-78-51-32-19-33-52-78)90(105-67-79-53-34-20-35-54-79)94(107-69-81-57-38-22-39-58-81)112-95-91(110-73(3)97)87(103-65-77-49-30-18-31-50-77)86(102-64-76-47-28-17-29-48-76)84(111-95)70-100-62-74-43-24-15-25-44-74/h15-22,24-39,41,43-58,60-61,71,84,86-91,94-95H,4-14,23,40,42,59,62-70H2,1-3H3/t71-,84-,86-,87+,88-,89+,90+,91+,94-,95+/m1/s1. The molecule has 10 rings (SSSR count). The number of ether oxygens (including phenoxy) is 13. The quantitative estimate of drug-likeness (QED) is 0.0151. The Balaban J connectivity index is 0.794. The van der Waals surface area contributed by atoms with Crippen molar-refractivity contribution in [3.8, 4) is 5.75 Å². The average Bonchev–Trinajstić information content (AvgIpc) is 0.777. The van der Waals surface area contributed by atoms with E-state index >= 15 is 4.79 Å². The summed E-state index contributed by atoms with van der Waals surface area (Å²) in [6, 6.07) is 82.9. The van der Waals surface area contributed by atoms with Crippen molar-refractivity contribution in [1.82, 2.24) is 0 Å². The monoisotopic (exact) mass is 1520 g/mol. The van der Waals surface area contributed by atoms with Crippen LogP contribution in [0.3, 0.4) is 0 Å². The van der Waals surface area contributed by atoms with Gasteiger partial charge in [-0.25, -0.2) is 9.59 Å². The molecule has 592 valence electrons. The summed E-state index contributed by atoms with van der Waals surface area (Å²) < 4.78 is 86.6. The van der Waals surface area contributed by atoms with Crippen molar-refractivity contribution in [2.45, 2.75) is 231 Å². The molecule has 0 saturated carbocycles. The zero-order valence-electron chi connectivity index (χ0n) is 65.0. The van der Waals surface area contributed by atoms with Crippen molar-refractivity contribution >= 4 is 23.9 Å². The van der Waals surface area contributed by atoms with Gasteiger partial charge in [-0.05, 0) is 88.7 Å². The van der Waals surface area contributed by atoms with Crippen LogP contribution in [0.5, 0.6) is 5.75 Å². The minimum Gasteiger partial charge on any atom is -0.488 e. The average molecular weight is 1520 g/mol. The van der Waals surface area contributed by atoms with Crippen LogP contribution in [0.25, 0.3) is 0 Å². The molecule has 9 aromatic rings. The number of benzene rings is 9. The summed E-state index contributed by atoms with van der Waals surface area (Å²) in [5, 5.41) is 0. The molecule has 17 heteroatoms. The Bertz CT molecular complexity index is 4090. The van der Waals surface area contributed by atoms with E-state index in [2.05, 4.69) is 0 Å². The van der Waals surface area contributed by atoms with E-state index in [9.17, 15) is 14.4 Å². The van der Waals surface area contributed by atoms with Crippen molar-refractivity contribution in [3.63, 3.8) is 0 Å². The molecular weight excluding hydrogens is 1410 g/mol. The highest BCUT2D eigenvalue weighted by Gasteiger charge is 2.53. The van der Waals surface area contributed by atoms with Crippen LogP contribution < -0.4 is 4.74 Å². The maximum Gasteiger partial charge on any atom is 0.350 e. The van der Waals surface area contributed by atoms with E-state index in [1.165, 1.54) is 46.0 Å². The van der Waals surface area contributed by atoms with E-state index in [0.29, 0.717) is 24.3 Å². The lowest BCUT2D eigenvalue weighted by Crippen LogP contribution is -2.63. The molecule has 0 aromatic heterocycles. The number of hydrogen-bond acceptors (Lipinski definition) is 17. The first kappa shape index (κ1) is 84.8. The smallest absolute Gasteiger partial charge is 0.350 e. The molecule has 17 nitrogen and oxygen atoms in total. The maximum absolute atomic E-state index is 15.3. The lowest BCUT2D eigenvalue weighted by Gasteiger charge is -2.46. The Morgan fingerprint density at radius 1 is 0.384 bits per heavy atom. The molecule has 1 aliphatic heterocycles. The second-order valence-corrected chi connectivity index (χ2v) is 28.5. The van der Waals surface area contributed by atoms with Gasteiger partial charge in [-0.15, -0.1) is 0 Å². The summed E-state index contributed by atoms with van der Waals surface area (Å²) in [6.45, 7) is 5.10. The molecule has 0 aliphatic carbocycles. The zero-order valence-corrected chi connectivity index (χ0v) is 65.0. The van der Waals surface area contributed by atoms with E-state index < -0.39 is 79.3 Å². The first-order chi connectivity index (χ1) is 55.0. The van der Waals surface area contributed by atoms with Crippen LogP contribution in [0.15, 0.2) is 261 Å². The van der Waals surface area contributed by atoms with E-state index in [4.69, 9.17) is 61.6 Å². The SMILES string of the molecule is CC(=O)O[C@@H]1[C@H](O[C@@H](OCc2ccccc2)[C@@H](OCc2ccccc2)[C@H](OCc2ccccc2)[C@H](OC(C)=O)C(=O)O[C@H](C)CCCCCCCCCCCCCCCc2cccc(OCc3ccccc3)c2C(=O)OCc2ccccc2)O[C@H](COCc2ccccc2)[C@@H](OCc2ccccc2)[C@@H]1OCc1ccccc1. The fourth-order valence-electron chi connectivity index (χ4n) is 13.7. The molecule has 1 saturated heterocycles. The molecule has 10 atom stereocenters. The Morgan fingerprint density at radius 2 is 0.795 bits per heavy atom. The Morgan fingerprint density at radius 3 is 1.27 bits per heavy atom. The number of hydrogen-bond donors (Lipinski definition) is 0. The predicted octanol–water partition coefficient (Wildman–Crippen LogP) is 19.3. The Kier molecular flexibility index (Phi) is 36.6. The van der Waals surface area contributed by atoms with Crippen LogP contribution in [0.2, 0.25) is 0 Å². The van der Waals surface area contributed by atoms with Gasteiger partial charge >= 0.3 is 23.9 Å². The van der Waals surface area contributed by atoms with Gasteiger partial charge in [0, 0.05) is 13.8 Å². The second kappa shape index (κ2) is 48.3. The summed E-state index contributed by atoms with van der Waals surface area (Å²) in [7, 11) is 0. The van der Waals surface area contributed by atoms with Crippen LogP contribution in [0.4, 0.5) is 0 Å². The zero-order chi connectivity index (χ0) is 78.0. The third kappa shape index (κ3) is 29.5. The summed E-state index contributed by atoms with van der Waals surface area (Å²) in [5.74, 6) is -2.12. The normalized spacial score (nSPS) is 16.8. The lowest BCUT2D eigenvalue weighted by molar-refractivity contribution is -0.367. The number of aryl methyl sites for hydroxylation is 1. The molecule has 0 unspecified atom stereocenters. The molecule has 1 fully saturated rings. The van der Waals surface area contributed by atoms with Crippen LogP contribution in [0.1, 0.15) is 171 Å². The van der Waals surface area contributed by atoms with E-state index in [-0.39, 0.29) is 58.8 Å². The van der Waals surface area contributed by atoms with Gasteiger partial charge in [-0.2, -0.15) is 0 Å². The topological polar surface area (TPSA) is 188 Å². The summed E-state index contributed by atoms with van der Waals surface area (Å²) in [5.41, 5.74) is 8.31. The highest BCUT2D eigenvalue weighted by atomic mass is 16.8. The molecular formula is C95H110O17. The van der Waals surface area contributed by atoms with Crippen LogP contribution in [0, 0.1) is 0 Å². The summed E-state index contributed by atoms with van der Waals surface area (Å²) in [6.07, 6.45) is 2.73. The van der Waals surface area contributed by atoms with Gasteiger partial charge in [-0.1, -0.05) is 325 Å². The van der Waals surface area contributed by atoms with E-state index in [1.807, 2.05) is 268 Å². The second-order valence-electron chi connectivity index (χ2n) is 28.5. The van der Waals surface area contributed by atoms with Gasteiger partial charge in [0.25, 0.3) is 0 Å². The van der Waals surface area contributed by atoms with Gasteiger partial charge < -0.3 is 61.6 Å².